The van der Waals surface area contributed by atoms with Gasteiger partial charge in [0.1, 0.15) is 5.75 Å². The first kappa shape index (κ1) is 15.2. The standard InChI is InChI=1S/C17H22N2O2/c1-3-12-21-15-9-7-14(8-10-15)13-19-16-6-5-11-18-17(16)20-4-2/h5-11,19H,3-4,12-13H2,1-2H3. The Kier molecular flexibility index (Phi) is 5.88. The molecule has 1 heterocycles. The number of benzene rings is 1. The Hall–Kier alpha value is -2.23. The summed E-state index contributed by atoms with van der Waals surface area (Å²) in [6, 6.07) is 12.0. The van der Waals surface area contributed by atoms with Gasteiger partial charge in [-0.3, -0.25) is 0 Å². The van der Waals surface area contributed by atoms with Gasteiger partial charge in [0, 0.05) is 12.7 Å². The molecule has 0 saturated carbocycles. The predicted molar refractivity (Wildman–Crippen MR) is 85.0 cm³/mol. The smallest absolute Gasteiger partial charge is 0.237 e. The van der Waals surface area contributed by atoms with Gasteiger partial charge in [-0.15, -0.1) is 0 Å². The summed E-state index contributed by atoms with van der Waals surface area (Å²) in [5, 5.41) is 3.35. The molecule has 2 rings (SSSR count). The van der Waals surface area contributed by atoms with Crippen LogP contribution in [0, 0.1) is 0 Å². The molecule has 0 spiro atoms. The highest BCUT2D eigenvalue weighted by Gasteiger charge is 2.03. The second-order valence-corrected chi connectivity index (χ2v) is 4.64. The van der Waals surface area contributed by atoms with Gasteiger partial charge in [-0.2, -0.15) is 0 Å². The summed E-state index contributed by atoms with van der Waals surface area (Å²) in [4.78, 5) is 4.22. The molecule has 0 aliphatic carbocycles. The van der Waals surface area contributed by atoms with Crippen molar-refractivity contribution in [3.63, 3.8) is 0 Å². The highest BCUT2D eigenvalue weighted by molar-refractivity contribution is 5.52. The molecule has 21 heavy (non-hydrogen) atoms. The van der Waals surface area contributed by atoms with Crippen molar-refractivity contribution in [1.29, 1.82) is 0 Å². The van der Waals surface area contributed by atoms with Gasteiger partial charge in [0.25, 0.3) is 0 Å². The van der Waals surface area contributed by atoms with E-state index in [1.807, 2.05) is 31.2 Å². The van der Waals surface area contributed by atoms with Crippen molar-refractivity contribution in [2.24, 2.45) is 0 Å². The van der Waals surface area contributed by atoms with E-state index < -0.39 is 0 Å². The van der Waals surface area contributed by atoms with E-state index in [4.69, 9.17) is 9.47 Å². The average molecular weight is 286 g/mol. The quantitative estimate of drug-likeness (QED) is 0.799. The topological polar surface area (TPSA) is 43.4 Å². The van der Waals surface area contributed by atoms with Crippen molar-refractivity contribution in [2.75, 3.05) is 18.5 Å². The Bertz CT molecular complexity index is 541. The minimum atomic E-state index is 0.606. The number of nitrogens with one attached hydrogen (secondary N) is 1. The predicted octanol–water partition coefficient (Wildman–Crippen LogP) is 3.88. The second kappa shape index (κ2) is 8.15. The first-order valence-corrected chi connectivity index (χ1v) is 7.37. The van der Waals surface area contributed by atoms with Crippen LogP contribution in [-0.2, 0) is 6.54 Å². The lowest BCUT2D eigenvalue weighted by atomic mass is 10.2. The third-order valence-electron chi connectivity index (χ3n) is 2.93. The number of pyridine rings is 1. The lowest BCUT2D eigenvalue weighted by Gasteiger charge is -2.11. The maximum absolute atomic E-state index is 5.57. The van der Waals surface area contributed by atoms with Gasteiger partial charge in [0.05, 0.1) is 18.9 Å². The SMILES string of the molecule is CCCOc1ccc(CNc2cccnc2OCC)cc1. The summed E-state index contributed by atoms with van der Waals surface area (Å²) in [7, 11) is 0. The van der Waals surface area contributed by atoms with Gasteiger partial charge in [-0.25, -0.2) is 4.98 Å². The van der Waals surface area contributed by atoms with Crippen LogP contribution in [0.15, 0.2) is 42.6 Å². The minimum Gasteiger partial charge on any atom is -0.494 e. The fraction of sp³-hybridized carbons (Fsp3) is 0.353. The second-order valence-electron chi connectivity index (χ2n) is 4.64. The molecule has 0 aliphatic heterocycles. The number of hydrogen-bond acceptors (Lipinski definition) is 4. The highest BCUT2D eigenvalue weighted by atomic mass is 16.5. The Balaban J connectivity index is 1.93. The Labute approximate surface area is 126 Å². The molecule has 112 valence electrons. The molecule has 1 aromatic carbocycles. The monoisotopic (exact) mass is 286 g/mol. The average Bonchev–Trinajstić information content (AvgIpc) is 2.53. The Morgan fingerprint density at radius 1 is 1.05 bits per heavy atom. The molecule has 0 fully saturated rings. The van der Waals surface area contributed by atoms with Gasteiger partial charge in [-0.1, -0.05) is 19.1 Å². The van der Waals surface area contributed by atoms with Gasteiger partial charge in [0.15, 0.2) is 0 Å². The largest absolute Gasteiger partial charge is 0.494 e. The van der Waals surface area contributed by atoms with Crippen LogP contribution in [-0.4, -0.2) is 18.2 Å². The number of ether oxygens (including phenoxy) is 2. The zero-order valence-corrected chi connectivity index (χ0v) is 12.6. The summed E-state index contributed by atoms with van der Waals surface area (Å²) < 4.78 is 11.1. The number of rotatable bonds is 8. The van der Waals surface area contributed by atoms with Gasteiger partial charge in [0.2, 0.25) is 5.88 Å². The molecule has 0 aliphatic rings. The van der Waals surface area contributed by atoms with Crippen LogP contribution in [0.3, 0.4) is 0 Å². The van der Waals surface area contributed by atoms with Gasteiger partial charge >= 0.3 is 0 Å². The summed E-state index contributed by atoms with van der Waals surface area (Å²) in [6.45, 7) is 6.13. The Morgan fingerprint density at radius 3 is 2.57 bits per heavy atom. The summed E-state index contributed by atoms with van der Waals surface area (Å²) >= 11 is 0. The molecule has 0 bridgehead atoms. The first-order valence-electron chi connectivity index (χ1n) is 7.37. The summed E-state index contributed by atoms with van der Waals surface area (Å²) in [5.41, 5.74) is 2.09. The number of anilines is 1. The van der Waals surface area contributed by atoms with Crippen molar-refractivity contribution in [1.82, 2.24) is 4.98 Å². The molecule has 0 radical (unpaired) electrons. The lowest BCUT2D eigenvalue weighted by Crippen LogP contribution is -2.04. The molecular formula is C17H22N2O2. The highest BCUT2D eigenvalue weighted by Crippen LogP contribution is 2.21. The van der Waals surface area contributed by atoms with E-state index in [1.54, 1.807) is 6.20 Å². The normalized spacial score (nSPS) is 10.2. The van der Waals surface area contributed by atoms with Crippen molar-refractivity contribution in [3.05, 3.63) is 48.2 Å². The van der Waals surface area contributed by atoms with Crippen molar-refractivity contribution < 1.29 is 9.47 Å². The van der Waals surface area contributed by atoms with Crippen molar-refractivity contribution in [3.8, 4) is 11.6 Å². The van der Waals surface area contributed by atoms with Crippen LogP contribution < -0.4 is 14.8 Å². The minimum absolute atomic E-state index is 0.606. The fourth-order valence-electron chi connectivity index (χ4n) is 1.90. The Morgan fingerprint density at radius 2 is 1.86 bits per heavy atom. The lowest BCUT2D eigenvalue weighted by molar-refractivity contribution is 0.317. The maximum atomic E-state index is 5.57. The number of aromatic nitrogens is 1. The maximum Gasteiger partial charge on any atom is 0.237 e. The molecule has 0 atom stereocenters. The van der Waals surface area contributed by atoms with Crippen LogP contribution >= 0.6 is 0 Å². The first-order chi connectivity index (χ1) is 10.3. The van der Waals surface area contributed by atoms with Crippen LogP contribution in [0.2, 0.25) is 0 Å². The third-order valence-corrected chi connectivity index (χ3v) is 2.93. The number of nitrogens with zero attached hydrogens (tertiary/aromatic N) is 1. The van der Waals surface area contributed by atoms with E-state index in [1.165, 1.54) is 5.56 Å². The molecule has 0 saturated heterocycles. The molecule has 4 nitrogen and oxygen atoms in total. The van der Waals surface area contributed by atoms with Crippen LogP contribution in [0.1, 0.15) is 25.8 Å². The van der Waals surface area contributed by atoms with Crippen molar-refractivity contribution >= 4 is 5.69 Å². The fourth-order valence-corrected chi connectivity index (χ4v) is 1.90. The number of hydrogen-bond donors (Lipinski definition) is 1. The molecule has 0 unspecified atom stereocenters. The molecule has 1 aromatic heterocycles. The summed E-state index contributed by atoms with van der Waals surface area (Å²) in [5.74, 6) is 1.56. The molecule has 2 aromatic rings. The van der Waals surface area contributed by atoms with E-state index in [0.29, 0.717) is 12.5 Å². The summed E-state index contributed by atoms with van der Waals surface area (Å²) in [6.07, 6.45) is 2.75. The van der Waals surface area contributed by atoms with E-state index in [0.717, 1.165) is 31.0 Å². The molecule has 0 amide bonds. The van der Waals surface area contributed by atoms with E-state index >= 15 is 0 Å². The molecule has 4 heteroatoms. The van der Waals surface area contributed by atoms with E-state index in [9.17, 15) is 0 Å². The molecular weight excluding hydrogens is 264 g/mol. The van der Waals surface area contributed by atoms with Gasteiger partial charge < -0.3 is 14.8 Å². The van der Waals surface area contributed by atoms with E-state index in [-0.39, 0.29) is 0 Å². The van der Waals surface area contributed by atoms with Crippen LogP contribution in [0.25, 0.3) is 0 Å². The zero-order valence-electron chi connectivity index (χ0n) is 12.6. The van der Waals surface area contributed by atoms with Crippen LogP contribution in [0.4, 0.5) is 5.69 Å². The van der Waals surface area contributed by atoms with E-state index in [2.05, 4.69) is 29.4 Å². The third kappa shape index (κ3) is 4.67. The van der Waals surface area contributed by atoms with Crippen molar-refractivity contribution in [2.45, 2.75) is 26.8 Å². The molecule has 1 N–H and O–H groups in total. The zero-order chi connectivity index (χ0) is 14.9. The van der Waals surface area contributed by atoms with Gasteiger partial charge in [-0.05, 0) is 43.2 Å². The van der Waals surface area contributed by atoms with Crippen LogP contribution in [0.5, 0.6) is 11.6 Å².